The van der Waals surface area contributed by atoms with Gasteiger partial charge >= 0.3 is 6.61 Å². The van der Waals surface area contributed by atoms with E-state index in [4.69, 9.17) is 21.7 Å². The van der Waals surface area contributed by atoms with Gasteiger partial charge in [0, 0.05) is 6.54 Å². The zero-order chi connectivity index (χ0) is 18.4. The number of hydrazone groups is 1. The van der Waals surface area contributed by atoms with Crippen molar-refractivity contribution in [2.75, 3.05) is 6.79 Å². The number of alkyl halides is 2. The maximum absolute atomic E-state index is 12.1. The van der Waals surface area contributed by atoms with E-state index in [1.165, 1.54) is 18.3 Å². The molecular formula is C17H15F2N3O3S. The van der Waals surface area contributed by atoms with Gasteiger partial charge < -0.3 is 19.5 Å². The Hall–Kier alpha value is -2.94. The van der Waals surface area contributed by atoms with Gasteiger partial charge in [-0.25, -0.2) is 0 Å². The molecule has 1 aliphatic heterocycles. The maximum atomic E-state index is 12.1. The lowest BCUT2D eigenvalue weighted by atomic mass is 10.2. The molecule has 2 aromatic carbocycles. The molecule has 0 aliphatic carbocycles. The summed E-state index contributed by atoms with van der Waals surface area (Å²) in [7, 11) is 0. The third-order valence-corrected chi connectivity index (χ3v) is 3.61. The first-order valence-corrected chi connectivity index (χ1v) is 8.01. The quantitative estimate of drug-likeness (QED) is 0.457. The van der Waals surface area contributed by atoms with Crippen molar-refractivity contribution in [1.29, 1.82) is 0 Å². The van der Waals surface area contributed by atoms with Crippen molar-refractivity contribution < 1.29 is 23.0 Å². The fraction of sp³-hybridized carbons (Fsp3) is 0.176. The summed E-state index contributed by atoms with van der Waals surface area (Å²) < 4.78 is 39.0. The summed E-state index contributed by atoms with van der Waals surface area (Å²) in [6, 6.07) is 11.7. The molecule has 0 radical (unpaired) electrons. The van der Waals surface area contributed by atoms with E-state index in [0.29, 0.717) is 23.0 Å². The summed E-state index contributed by atoms with van der Waals surface area (Å²) in [5.41, 5.74) is 4.37. The molecule has 0 bridgehead atoms. The Balaban J connectivity index is 1.44. The minimum Gasteiger partial charge on any atom is -0.454 e. The number of thiocarbonyl (C=S) groups is 1. The number of rotatable bonds is 6. The molecule has 26 heavy (non-hydrogen) atoms. The van der Waals surface area contributed by atoms with Gasteiger partial charge in [-0.2, -0.15) is 13.9 Å². The Morgan fingerprint density at radius 2 is 1.96 bits per heavy atom. The maximum Gasteiger partial charge on any atom is 0.387 e. The van der Waals surface area contributed by atoms with Gasteiger partial charge in [-0.3, -0.25) is 5.43 Å². The van der Waals surface area contributed by atoms with Crippen LogP contribution in [0.25, 0.3) is 0 Å². The summed E-state index contributed by atoms with van der Waals surface area (Å²) in [5.74, 6) is 1.52. The van der Waals surface area contributed by atoms with Crippen molar-refractivity contribution in [3.8, 4) is 17.2 Å². The number of benzene rings is 2. The van der Waals surface area contributed by atoms with Crippen molar-refractivity contribution in [3.63, 3.8) is 0 Å². The predicted octanol–water partition coefficient (Wildman–Crippen LogP) is 3.01. The Morgan fingerprint density at radius 1 is 1.19 bits per heavy atom. The number of nitrogens with one attached hydrogen (secondary N) is 2. The van der Waals surface area contributed by atoms with Crippen LogP contribution < -0.4 is 25.0 Å². The normalized spacial score (nSPS) is 12.4. The number of hydrogen-bond donors (Lipinski definition) is 2. The monoisotopic (exact) mass is 379 g/mol. The second kappa shape index (κ2) is 8.43. The van der Waals surface area contributed by atoms with Gasteiger partial charge in [0.05, 0.1) is 6.21 Å². The highest BCUT2D eigenvalue weighted by Gasteiger charge is 2.13. The average Bonchev–Trinajstić information content (AvgIpc) is 3.09. The first kappa shape index (κ1) is 17.9. The van der Waals surface area contributed by atoms with Gasteiger partial charge in [0.25, 0.3) is 0 Å². The molecule has 0 unspecified atom stereocenters. The molecule has 0 fully saturated rings. The minimum atomic E-state index is -2.84. The molecule has 0 saturated heterocycles. The second-order valence-corrected chi connectivity index (χ2v) is 5.60. The number of nitrogens with zero attached hydrogens (tertiary/aromatic N) is 1. The van der Waals surface area contributed by atoms with Crippen molar-refractivity contribution in [2.24, 2.45) is 5.10 Å². The van der Waals surface area contributed by atoms with Crippen LogP contribution in [0.3, 0.4) is 0 Å². The summed E-state index contributed by atoms with van der Waals surface area (Å²) in [6.07, 6.45) is 1.51. The highest BCUT2D eigenvalue weighted by Crippen LogP contribution is 2.32. The molecule has 2 N–H and O–H groups in total. The summed E-state index contributed by atoms with van der Waals surface area (Å²) >= 11 is 5.14. The SMILES string of the molecule is FC(F)Oc1ccc(/C=N\NC(=S)NCc2ccc3c(c2)OCO3)cc1. The molecule has 0 spiro atoms. The fourth-order valence-electron chi connectivity index (χ4n) is 2.17. The van der Waals surface area contributed by atoms with Gasteiger partial charge in [0.15, 0.2) is 16.6 Å². The van der Waals surface area contributed by atoms with Crippen molar-refractivity contribution in [1.82, 2.24) is 10.7 Å². The third kappa shape index (κ3) is 5.03. The third-order valence-electron chi connectivity index (χ3n) is 3.38. The van der Waals surface area contributed by atoms with E-state index in [0.717, 1.165) is 11.3 Å². The number of halogens is 2. The van der Waals surface area contributed by atoms with Gasteiger partial charge in [-0.15, -0.1) is 0 Å². The minimum absolute atomic E-state index is 0.0889. The lowest BCUT2D eigenvalue weighted by molar-refractivity contribution is -0.0498. The molecule has 0 saturated carbocycles. The topological polar surface area (TPSA) is 64.1 Å². The Morgan fingerprint density at radius 3 is 2.73 bits per heavy atom. The van der Waals surface area contributed by atoms with Gasteiger partial charge in [-0.1, -0.05) is 6.07 Å². The van der Waals surface area contributed by atoms with Crippen LogP contribution in [0.4, 0.5) is 8.78 Å². The molecule has 3 rings (SSSR count). The smallest absolute Gasteiger partial charge is 0.387 e. The zero-order valence-electron chi connectivity index (χ0n) is 13.4. The van der Waals surface area contributed by atoms with Crippen LogP contribution in [-0.2, 0) is 6.54 Å². The van der Waals surface area contributed by atoms with E-state index in [2.05, 4.69) is 20.6 Å². The van der Waals surface area contributed by atoms with E-state index >= 15 is 0 Å². The highest BCUT2D eigenvalue weighted by atomic mass is 32.1. The molecule has 9 heteroatoms. The number of ether oxygens (including phenoxy) is 3. The zero-order valence-corrected chi connectivity index (χ0v) is 14.3. The molecule has 0 amide bonds. The predicted molar refractivity (Wildman–Crippen MR) is 95.8 cm³/mol. The number of fused-ring (bicyclic) bond motifs is 1. The van der Waals surface area contributed by atoms with Crippen molar-refractivity contribution in [3.05, 3.63) is 53.6 Å². The van der Waals surface area contributed by atoms with Crippen molar-refractivity contribution >= 4 is 23.5 Å². The van der Waals surface area contributed by atoms with Crippen LogP contribution in [0.15, 0.2) is 47.6 Å². The fourth-order valence-corrected chi connectivity index (χ4v) is 2.30. The Bertz CT molecular complexity index is 800. The van der Waals surface area contributed by atoms with Crippen LogP contribution in [0, 0.1) is 0 Å². The summed E-state index contributed by atoms with van der Waals surface area (Å²) in [6.45, 7) is -2.11. The summed E-state index contributed by atoms with van der Waals surface area (Å²) in [4.78, 5) is 0. The average molecular weight is 379 g/mol. The van der Waals surface area contributed by atoms with E-state index in [9.17, 15) is 8.78 Å². The van der Waals surface area contributed by atoms with Gasteiger partial charge in [0.1, 0.15) is 5.75 Å². The van der Waals surface area contributed by atoms with Crippen LogP contribution >= 0.6 is 12.2 Å². The number of hydrogen-bond acceptors (Lipinski definition) is 5. The van der Waals surface area contributed by atoms with Gasteiger partial charge in [0.2, 0.25) is 6.79 Å². The molecule has 2 aromatic rings. The first-order chi connectivity index (χ1) is 12.6. The first-order valence-electron chi connectivity index (χ1n) is 7.60. The molecule has 0 aromatic heterocycles. The van der Waals surface area contributed by atoms with Gasteiger partial charge in [-0.05, 0) is 59.7 Å². The van der Waals surface area contributed by atoms with Crippen LogP contribution in [0.2, 0.25) is 0 Å². The van der Waals surface area contributed by atoms with E-state index in [1.54, 1.807) is 12.1 Å². The Kier molecular flexibility index (Phi) is 5.80. The van der Waals surface area contributed by atoms with Crippen LogP contribution in [-0.4, -0.2) is 24.7 Å². The van der Waals surface area contributed by atoms with E-state index in [1.807, 2.05) is 18.2 Å². The largest absolute Gasteiger partial charge is 0.454 e. The molecule has 0 atom stereocenters. The van der Waals surface area contributed by atoms with Crippen molar-refractivity contribution in [2.45, 2.75) is 13.2 Å². The van der Waals surface area contributed by atoms with Crippen LogP contribution in [0.5, 0.6) is 17.2 Å². The van der Waals surface area contributed by atoms with Crippen LogP contribution in [0.1, 0.15) is 11.1 Å². The van der Waals surface area contributed by atoms with E-state index < -0.39 is 6.61 Å². The Labute approximate surface area is 153 Å². The molecule has 136 valence electrons. The second-order valence-electron chi connectivity index (χ2n) is 5.19. The highest BCUT2D eigenvalue weighted by molar-refractivity contribution is 7.80. The molecular weight excluding hydrogens is 364 g/mol. The molecule has 1 aliphatic rings. The standard InChI is InChI=1S/C17H15F2N3O3S/c18-16(19)25-13-4-1-11(2-5-13)9-21-22-17(26)20-8-12-3-6-14-15(7-12)24-10-23-14/h1-7,9,16H,8,10H2,(H2,20,22,26)/b21-9-. The summed E-state index contributed by atoms with van der Waals surface area (Å²) in [5, 5.41) is 7.35. The molecule has 6 nitrogen and oxygen atoms in total. The molecule has 1 heterocycles. The lowest BCUT2D eigenvalue weighted by Crippen LogP contribution is -2.31. The lowest BCUT2D eigenvalue weighted by Gasteiger charge is -2.07. The van der Waals surface area contributed by atoms with E-state index in [-0.39, 0.29) is 12.5 Å².